The number of hydrogen-bond donors (Lipinski definition) is 1. The zero-order valence-corrected chi connectivity index (χ0v) is 13.4. The fourth-order valence-electron chi connectivity index (χ4n) is 1.76. The number of benzene rings is 1. The van der Waals surface area contributed by atoms with Crippen molar-refractivity contribution in [1.82, 2.24) is 5.32 Å². The van der Waals surface area contributed by atoms with Gasteiger partial charge in [0, 0.05) is 13.2 Å². The number of ether oxygens (including phenoxy) is 3. The minimum atomic E-state index is 0.571. The predicted molar refractivity (Wildman–Crippen MR) is 85.9 cm³/mol. The summed E-state index contributed by atoms with van der Waals surface area (Å²) < 4.78 is 16.5. The normalized spacial score (nSPS) is 10.8. The summed E-state index contributed by atoms with van der Waals surface area (Å²) in [6.07, 6.45) is 2.29. The minimum absolute atomic E-state index is 0.571. The zero-order chi connectivity index (χ0) is 15.2. The molecule has 0 atom stereocenters. The van der Waals surface area contributed by atoms with Crippen LogP contribution < -0.4 is 10.1 Å². The lowest BCUT2D eigenvalue weighted by atomic mass is 10.2. The van der Waals surface area contributed by atoms with Crippen LogP contribution in [0.15, 0.2) is 24.3 Å². The van der Waals surface area contributed by atoms with Gasteiger partial charge in [-0.1, -0.05) is 32.4 Å². The second kappa shape index (κ2) is 12.6. The van der Waals surface area contributed by atoms with Gasteiger partial charge >= 0.3 is 0 Å². The third kappa shape index (κ3) is 9.45. The van der Waals surface area contributed by atoms with Crippen LogP contribution in [0.1, 0.15) is 32.3 Å². The number of hydrogen-bond acceptors (Lipinski definition) is 4. The van der Waals surface area contributed by atoms with Crippen LogP contribution in [-0.4, -0.2) is 39.6 Å². The van der Waals surface area contributed by atoms with Gasteiger partial charge < -0.3 is 19.5 Å². The van der Waals surface area contributed by atoms with E-state index in [1.54, 1.807) is 0 Å². The molecule has 0 saturated carbocycles. The van der Waals surface area contributed by atoms with Gasteiger partial charge in [-0.05, 0) is 30.7 Å². The van der Waals surface area contributed by atoms with E-state index in [9.17, 15) is 0 Å². The summed E-state index contributed by atoms with van der Waals surface area (Å²) in [7, 11) is 0. The maximum Gasteiger partial charge on any atom is 0.119 e. The Kier molecular flexibility index (Phi) is 10.8. The van der Waals surface area contributed by atoms with Crippen molar-refractivity contribution in [2.24, 2.45) is 0 Å². The van der Waals surface area contributed by atoms with Gasteiger partial charge in [-0.2, -0.15) is 0 Å². The molecule has 0 bridgehead atoms. The Morgan fingerprint density at radius 2 is 1.52 bits per heavy atom. The average Bonchev–Trinajstić information content (AvgIpc) is 2.52. The summed E-state index contributed by atoms with van der Waals surface area (Å²) in [5.74, 6) is 0.887. The van der Waals surface area contributed by atoms with Crippen molar-refractivity contribution in [3.63, 3.8) is 0 Å². The van der Waals surface area contributed by atoms with Gasteiger partial charge in [0.2, 0.25) is 0 Å². The molecule has 1 rings (SSSR count). The molecule has 4 heteroatoms. The molecule has 4 nitrogen and oxygen atoms in total. The summed E-state index contributed by atoms with van der Waals surface area (Å²) in [5, 5.41) is 3.30. The van der Waals surface area contributed by atoms with Crippen molar-refractivity contribution in [3.05, 3.63) is 29.8 Å². The number of unbranched alkanes of at least 4 members (excludes halogenated alkanes) is 1. The molecule has 1 aromatic rings. The lowest BCUT2D eigenvalue weighted by molar-refractivity contribution is 0.0356. The topological polar surface area (TPSA) is 39.7 Å². The van der Waals surface area contributed by atoms with E-state index in [1.165, 1.54) is 12.0 Å². The minimum Gasteiger partial charge on any atom is -0.491 e. The molecule has 0 unspecified atom stereocenters. The molecular weight excluding hydrogens is 266 g/mol. The third-order valence-electron chi connectivity index (χ3n) is 3.01. The first-order valence-corrected chi connectivity index (χ1v) is 7.94. The molecule has 0 aromatic heterocycles. The Bertz CT molecular complexity index is 340. The molecule has 120 valence electrons. The highest BCUT2D eigenvalue weighted by Crippen LogP contribution is 2.11. The fraction of sp³-hybridized carbons (Fsp3) is 0.647. The van der Waals surface area contributed by atoms with E-state index in [-0.39, 0.29) is 0 Å². The largest absolute Gasteiger partial charge is 0.491 e. The maximum absolute atomic E-state index is 5.62. The van der Waals surface area contributed by atoms with Crippen LogP contribution in [-0.2, 0) is 16.0 Å². The zero-order valence-electron chi connectivity index (χ0n) is 13.4. The number of nitrogens with one attached hydrogen (secondary N) is 1. The van der Waals surface area contributed by atoms with Crippen molar-refractivity contribution in [2.75, 3.05) is 39.6 Å². The quantitative estimate of drug-likeness (QED) is 0.568. The Labute approximate surface area is 128 Å². The second-order valence-corrected chi connectivity index (χ2v) is 4.85. The van der Waals surface area contributed by atoms with Crippen molar-refractivity contribution in [3.8, 4) is 5.75 Å². The summed E-state index contributed by atoms with van der Waals surface area (Å²) in [5.41, 5.74) is 1.27. The highest BCUT2D eigenvalue weighted by Gasteiger charge is 1.96. The third-order valence-corrected chi connectivity index (χ3v) is 3.01. The summed E-state index contributed by atoms with van der Waals surface area (Å²) in [6, 6.07) is 8.17. The maximum atomic E-state index is 5.62. The Hall–Kier alpha value is -1.10. The van der Waals surface area contributed by atoms with E-state index in [0.717, 1.165) is 31.9 Å². The predicted octanol–water partition coefficient (Wildman–Crippen LogP) is 3.01. The molecule has 0 fully saturated rings. The molecule has 21 heavy (non-hydrogen) atoms. The van der Waals surface area contributed by atoms with Gasteiger partial charge in [0.15, 0.2) is 0 Å². The van der Waals surface area contributed by atoms with E-state index >= 15 is 0 Å². The van der Waals surface area contributed by atoms with Gasteiger partial charge in [-0.25, -0.2) is 0 Å². The molecule has 0 saturated heterocycles. The molecule has 0 aliphatic rings. The number of rotatable bonds is 13. The van der Waals surface area contributed by atoms with Crippen LogP contribution in [0, 0.1) is 0 Å². The lowest BCUT2D eigenvalue weighted by Gasteiger charge is -2.08. The van der Waals surface area contributed by atoms with Gasteiger partial charge in [0.05, 0.1) is 19.8 Å². The molecule has 0 aliphatic heterocycles. The van der Waals surface area contributed by atoms with Crippen LogP contribution in [0.2, 0.25) is 0 Å². The Morgan fingerprint density at radius 3 is 2.19 bits per heavy atom. The smallest absolute Gasteiger partial charge is 0.119 e. The molecule has 1 aromatic carbocycles. The highest BCUT2D eigenvalue weighted by molar-refractivity contribution is 5.27. The summed E-state index contributed by atoms with van der Waals surface area (Å²) >= 11 is 0. The molecular formula is C17H29NO3. The van der Waals surface area contributed by atoms with E-state index in [4.69, 9.17) is 14.2 Å². The molecule has 0 radical (unpaired) electrons. The van der Waals surface area contributed by atoms with E-state index < -0.39 is 0 Å². The van der Waals surface area contributed by atoms with E-state index in [2.05, 4.69) is 31.3 Å². The average molecular weight is 295 g/mol. The summed E-state index contributed by atoms with van der Waals surface area (Å²) in [4.78, 5) is 0. The first-order valence-electron chi connectivity index (χ1n) is 7.94. The second-order valence-electron chi connectivity index (χ2n) is 4.85. The van der Waals surface area contributed by atoms with Crippen LogP contribution in [0.4, 0.5) is 0 Å². The van der Waals surface area contributed by atoms with Gasteiger partial charge in [0.25, 0.3) is 0 Å². The van der Waals surface area contributed by atoms with Gasteiger partial charge in [0.1, 0.15) is 12.4 Å². The van der Waals surface area contributed by atoms with Crippen molar-refractivity contribution in [1.29, 1.82) is 0 Å². The molecule has 1 N–H and O–H groups in total. The lowest BCUT2D eigenvalue weighted by Crippen LogP contribution is -2.12. The molecule has 0 heterocycles. The van der Waals surface area contributed by atoms with Crippen LogP contribution in [0.5, 0.6) is 5.75 Å². The first-order chi connectivity index (χ1) is 10.4. The van der Waals surface area contributed by atoms with Crippen molar-refractivity contribution >= 4 is 0 Å². The summed E-state index contributed by atoms with van der Waals surface area (Å²) in [6.45, 7) is 9.44. The first kappa shape index (κ1) is 18.0. The van der Waals surface area contributed by atoms with Gasteiger partial charge in [-0.3, -0.25) is 0 Å². The molecule has 0 aliphatic carbocycles. The standard InChI is InChI=1S/C17H29NO3/c1-3-5-10-19-11-12-20-13-14-21-17-8-6-16(7-9-17)15-18-4-2/h6-9,18H,3-5,10-15H2,1-2H3. The SMILES string of the molecule is CCCCOCCOCCOc1ccc(CNCC)cc1. The van der Waals surface area contributed by atoms with Crippen molar-refractivity contribution < 1.29 is 14.2 Å². The van der Waals surface area contributed by atoms with Crippen LogP contribution >= 0.6 is 0 Å². The molecule has 0 spiro atoms. The van der Waals surface area contributed by atoms with E-state index in [1.807, 2.05) is 12.1 Å². The van der Waals surface area contributed by atoms with Crippen LogP contribution in [0.3, 0.4) is 0 Å². The van der Waals surface area contributed by atoms with E-state index in [0.29, 0.717) is 26.4 Å². The van der Waals surface area contributed by atoms with Gasteiger partial charge in [-0.15, -0.1) is 0 Å². The highest BCUT2D eigenvalue weighted by atomic mass is 16.5. The van der Waals surface area contributed by atoms with Crippen molar-refractivity contribution in [2.45, 2.75) is 33.2 Å². The monoisotopic (exact) mass is 295 g/mol. The Morgan fingerprint density at radius 1 is 0.857 bits per heavy atom. The Balaban J connectivity index is 1.99. The van der Waals surface area contributed by atoms with Crippen LogP contribution in [0.25, 0.3) is 0 Å². The fourth-order valence-corrected chi connectivity index (χ4v) is 1.76. The molecule has 0 amide bonds.